The predicted molar refractivity (Wildman–Crippen MR) is 352 cm³/mol. The summed E-state index contributed by atoms with van der Waals surface area (Å²) >= 11 is 0. The Hall–Kier alpha value is -4.71. The average Bonchev–Trinajstić information content (AvgIpc) is 3.47. The monoisotopic (exact) mass is 1120 g/mol. The number of carbonyl (C=O) groups is 3. The molecule has 0 fully saturated rings. The predicted octanol–water partition coefficient (Wildman–Crippen LogP) is 23.1. The maximum absolute atomic E-state index is 12.9. The minimum Gasteiger partial charge on any atom is -0.462 e. The Kier molecular flexibility index (Phi) is 63.9. The Balaban J connectivity index is 4.45. The van der Waals surface area contributed by atoms with Crippen molar-refractivity contribution in [1.82, 2.24) is 0 Å². The second-order valence-corrected chi connectivity index (χ2v) is 21.6. The van der Waals surface area contributed by atoms with Gasteiger partial charge in [0.1, 0.15) is 13.2 Å². The zero-order valence-corrected chi connectivity index (χ0v) is 52.5. The Morgan fingerprint density at radius 3 is 0.778 bits per heavy atom. The highest BCUT2D eigenvalue weighted by molar-refractivity contribution is 5.71. The van der Waals surface area contributed by atoms with Gasteiger partial charge in [-0.15, -0.1) is 0 Å². The highest BCUT2D eigenvalue weighted by atomic mass is 16.6. The van der Waals surface area contributed by atoms with Crippen LogP contribution in [0.1, 0.15) is 290 Å². The van der Waals surface area contributed by atoms with Crippen molar-refractivity contribution >= 4 is 17.9 Å². The van der Waals surface area contributed by atoms with Crippen molar-refractivity contribution in [3.63, 3.8) is 0 Å². The zero-order valence-electron chi connectivity index (χ0n) is 52.5. The lowest BCUT2D eigenvalue weighted by Crippen LogP contribution is -2.30. The number of hydrogen-bond donors (Lipinski definition) is 0. The molecule has 0 aliphatic rings. The van der Waals surface area contributed by atoms with E-state index in [1.54, 1.807) is 0 Å². The van der Waals surface area contributed by atoms with Gasteiger partial charge in [-0.3, -0.25) is 14.4 Å². The molecule has 0 aromatic heterocycles. The van der Waals surface area contributed by atoms with E-state index in [0.717, 1.165) is 141 Å². The minimum atomic E-state index is -0.809. The summed E-state index contributed by atoms with van der Waals surface area (Å²) in [7, 11) is 0. The van der Waals surface area contributed by atoms with Crippen LogP contribution >= 0.6 is 0 Å². The van der Waals surface area contributed by atoms with Crippen LogP contribution in [0.25, 0.3) is 0 Å². The first-order valence-electron chi connectivity index (χ1n) is 33.3. The van der Waals surface area contributed by atoms with Crippen LogP contribution in [0.4, 0.5) is 0 Å². The van der Waals surface area contributed by atoms with Crippen molar-refractivity contribution in [2.45, 2.75) is 297 Å². The molecule has 0 aliphatic heterocycles. The van der Waals surface area contributed by atoms with Gasteiger partial charge in [0.2, 0.25) is 0 Å². The van der Waals surface area contributed by atoms with Crippen LogP contribution in [0.2, 0.25) is 0 Å². The lowest BCUT2D eigenvalue weighted by Gasteiger charge is -2.18. The maximum Gasteiger partial charge on any atom is 0.306 e. The van der Waals surface area contributed by atoms with Crippen LogP contribution in [0.15, 0.2) is 146 Å². The van der Waals surface area contributed by atoms with E-state index in [0.29, 0.717) is 12.8 Å². The third-order valence-electron chi connectivity index (χ3n) is 13.8. The second kappa shape index (κ2) is 67.8. The lowest BCUT2D eigenvalue weighted by molar-refractivity contribution is -0.167. The van der Waals surface area contributed by atoms with E-state index in [2.05, 4.69) is 167 Å². The van der Waals surface area contributed by atoms with Crippen molar-refractivity contribution < 1.29 is 28.6 Å². The standard InChI is InChI=1S/C75H122O6/c1-4-7-10-13-16-19-22-25-28-31-33-34-35-36-37-38-39-40-42-44-47-50-53-56-59-62-65-68-74(77)80-71-72(70-79-73(76)67-64-61-58-55-52-49-46-43-30-27-24-21-18-15-12-9-6-3)81-75(78)69-66-63-60-57-54-51-48-45-41-32-29-26-23-20-17-14-11-8-5-2/h7-8,10-11,16-17,19-20,25-30,33-34,36-37,39-41,45,51,54,72H,4-6,9,12-15,18,21-24,31-32,35,38,42-44,46-50,52-53,55-71H2,1-3H3/b10-7-,11-8-,19-16-,20-17-,28-25-,29-26-,30-27-,34-33-,37-36-,40-39-,45-41-,54-51-. The number of unbranched alkanes of at least 4 members (excludes halogenated alkanes) is 24. The summed E-state index contributed by atoms with van der Waals surface area (Å²) < 4.78 is 16.9. The quantitative estimate of drug-likeness (QED) is 0.0261. The van der Waals surface area contributed by atoms with Gasteiger partial charge in [0.15, 0.2) is 6.10 Å². The summed E-state index contributed by atoms with van der Waals surface area (Å²) in [5.41, 5.74) is 0. The first kappa shape index (κ1) is 76.3. The number of ether oxygens (including phenoxy) is 3. The number of allylic oxidation sites excluding steroid dienone is 24. The van der Waals surface area contributed by atoms with Crippen LogP contribution in [-0.2, 0) is 28.6 Å². The molecule has 0 N–H and O–H groups in total. The lowest BCUT2D eigenvalue weighted by atomic mass is 10.1. The van der Waals surface area contributed by atoms with Gasteiger partial charge in [0, 0.05) is 19.3 Å². The zero-order chi connectivity index (χ0) is 58.5. The van der Waals surface area contributed by atoms with Gasteiger partial charge in [-0.1, -0.05) is 276 Å². The molecule has 0 amide bonds. The minimum absolute atomic E-state index is 0.100. The van der Waals surface area contributed by atoms with E-state index >= 15 is 0 Å². The fraction of sp³-hybridized carbons (Fsp3) is 0.640. The molecular formula is C75H122O6. The smallest absolute Gasteiger partial charge is 0.306 e. The maximum atomic E-state index is 12.9. The Morgan fingerprint density at radius 2 is 0.481 bits per heavy atom. The van der Waals surface area contributed by atoms with Crippen molar-refractivity contribution in [3.05, 3.63) is 146 Å². The highest BCUT2D eigenvalue weighted by Crippen LogP contribution is 2.15. The molecule has 0 aromatic rings. The van der Waals surface area contributed by atoms with Crippen LogP contribution < -0.4 is 0 Å². The summed E-state index contributed by atoms with van der Waals surface area (Å²) in [5, 5.41) is 0. The van der Waals surface area contributed by atoms with Gasteiger partial charge in [-0.2, -0.15) is 0 Å². The Labute approximate surface area is 499 Å². The summed E-state index contributed by atoms with van der Waals surface area (Å²) in [6.45, 7) is 6.38. The largest absolute Gasteiger partial charge is 0.462 e. The van der Waals surface area contributed by atoms with E-state index in [4.69, 9.17) is 14.2 Å². The molecule has 6 nitrogen and oxygen atoms in total. The molecule has 0 rings (SSSR count). The van der Waals surface area contributed by atoms with Crippen LogP contribution in [0.5, 0.6) is 0 Å². The fourth-order valence-corrected chi connectivity index (χ4v) is 8.88. The summed E-state index contributed by atoms with van der Waals surface area (Å²) in [6, 6.07) is 0. The van der Waals surface area contributed by atoms with Crippen LogP contribution in [0.3, 0.4) is 0 Å². The molecular weight excluding hydrogens is 997 g/mol. The van der Waals surface area contributed by atoms with Crippen molar-refractivity contribution in [2.24, 2.45) is 0 Å². The van der Waals surface area contributed by atoms with E-state index in [-0.39, 0.29) is 37.5 Å². The SMILES string of the molecule is CC/C=C\C/C=C\C/C=C\C/C=C\C/C=C\C/C=C\CCCCCCCCCCC(=O)OCC(COC(=O)CCCCCCCCC/C=C\CCCCCCCC)OC(=O)CCCCC/C=C\C/C=C\C/C=C\C/C=C\C/C=C\CC. The molecule has 0 aromatic carbocycles. The normalized spacial score (nSPS) is 13.1. The van der Waals surface area contributed by atoms with Gasteiger partial charge in [-0.25, -0.2) is 0 Å². The topological polar surface area (TPSA) is 78.9 Å². The molecule has 0 spiro atoms. The van der Waals surface area contributed by atoms with Crippen molar-refractivity contribution in [1.29, 1.82) is 0 Å². The van der Waals surface area contributed by atoms with Crippen molar-refractivity contribution in [2.75, 3.05) is 13.2 Å². The Bertz CT molecular complexity index is 1760. The molecule has 81 heavy (non-hydrogen) atoms. The molecule has 0 bridgehead atoms. The number of carbonyl (C=O) groups excluding carboxylic acids is 3. The van der Waals surface area contributed by atoms with Crippen molar-refractivity contribution in [3.8, 4) is 0 Å². The van der Waals surface area contributed by atoms with Gasteiger partial charge in [0.25, 0.3) is 0 Å². The third-order valence-corrected chi connectivity index (χ3v) is 13.8. The molecule has 0 saturated carbocycles. The molecule has 458 valence electrons. The van der Waals surface area contributed by atoms with Crippen LogP contribution in [0, 0.1) is 0 Å². The summed E-state index contributed by atoms with van der Waals surface area (Å²) in [6.07, 6.45) is 97.1. The summed E-state index contributed by atoms with van der Waals surface area (Å²) in [4.78, 5) is 38.4. The highest BCUT2D eigenvalue weighted by Gasteiger charge is 2.19. The number of esters is 3. The molecule has 0 heterocycles. The van der Waals surface area contributed by atoms with E-state index in [9.17, 15) is 14.4 Å². The average molecular weight is 1120 g/mol. The number of rotatable bonds is 59. The summed E-state index contributed by atoms with van der Waals surface area (Å²) in [5.74, 6) is -0.943. The molecule has 1 atom stereocenters. The number of hydrogen-bond acceptors (Lipinski definition) is 6. The van der Waals surface area contributed by atoms with E-state index < -0.39 is 6.10 Å². The van der Waals surface area contributed by atoms with E-state index in [1.807, 2.05) is 0 Å². The van der Waals surface area contributed by atoms with Gasteiger partial charge < -0.3 is 14.2 Å². The first-order valence-corrected chi connectivity index (χ1v) is 33.3. The van der Waals surface area contributed by atoms with Crippen LogP contribution in [-0.4, -0.2) is 37.2 Å². The van der Waals surface area contributed by atoms with Gasteiger partial charge >= 0.3 is 17.9 Å². The first-order chi connectivity index (χ1) is 40.0. The molecule has 0 radical (unpaired) electrons. The van der Waals surface area contributed by atoms with Gasteiger partial charge in [0.05, 0.1) is 0 Å². The molecule has 0 aliphatic carbocycles. The molecule has 0 saturated heterocycles. The van der Waals surface area contributed by atoms with Gasteiger partial charge in [-0.05, 0) is 141 Å². The molecule has 1 unspecified atom stereocenters. The van der Waals surface area contributed by atoms with E-state index in [1.165, 1.54) is 109 Å². The second-order valence-electron chi connectivity index (χ2n) is 21.6. The Morgan fingerprint density at radius 1 is 0.259 bits per heavy atom. The molecule has 6 heteroatoms. The third kappa shape index (κ3) is 66.0. The fourth-order valence-electron chi connectivity index (χ4n) is 8.88.